The summed E-state index contributed by atoms with van der Waals surface area (Å²) in [5.74, 6) is 1.30. The number of carbonyl (C=O) groups excluding carboxylic acids is 1. The predicted octanol–water partition coefficient (Wildman–Crippen LogP) is 4.96. The van der Waals surface area contributed by atoms with Crippen LogP contribution in [0.2, 0.25) is 0 Å². The van der Waals surface area contributed by atoms with Gasteiger partial charge in [-0.2, -0.15) is 5.10 Å². The highest BCUT2D eigenvalue weighted by atomic mass is 16.5. The Morgan fingerprint density at radius 2 is 1.81 bits per heavy atom. The van der Waals surface area contributed by atoms with E-state index in [0.29, 0.717) is 22.9 Å². The van der Waals surface area contributed by atoms with E-state index in [0.717, 1.165) is 46.9 Å². The number of fused-ring (bicyclic) bond motifs is 2. The monoisotopic (exact) mass is 418 g/mol. The third-order valence-electron chi connectivity index (χ3n) is 5.24. The van der Waals surface area contributed by atoms with Crippen LogP contribution in [0.5, 0.6) is 11.5 Å². The third-order valence-corrected chi connectivity index (χ3v) is 5.24. The van der Waals surface area contributed by atoms with Gasteiger partial charge in [-0.3, -0.25) is 4.79 Å². The van der Waals surface area contributed by atoms with E-state index >= 15 is 0 Å². The minimum absolute atomic E-state index is 0.288. The van der Waals surface area contributed by atoms with Gasteiger partial charge >= 0.3 is 0 Å². The normalized spacial score (nSPS) is 11.1. The molecule has 0 bridgehead atoms. The standard InChI is InChI=1S/C24H26N4O3/c1-5-6-9-28-23-20(13-16-10-15(2)7-8-21(16)25-23)22(27-28)26-24(29)17-11-18(30-3)14-19(12-17)31-4/h7-8,10-14H,5-6,9H2,1-4H3,(H,26,27,29). The molecule has 2 heterocycles. The maximum Gasteiger partial charge on any atom is 0.257 e. The van der Waals surface area contributed by atoms with Crippen molar-refractivity contribution in [3.63, 3.8) is 0 Å². The molecule has 1 amide bonds. The summed E-state index contributed by atoms with van der Waals surface area (Å²) in [5, 5.41) is 9.47. The van der Waals surface area contributed by atoms with Gasteiger partial charge in [-0.25, -0.2) is 9.67 Å². The van der Waals surface area contributed by atoms with Crippen LogP contribution < -0.4 is 14.8 Å². The molecule has 2 aromatic carbocycles. The van der Waals surface area contributed by atoms with Crippen LogP contribution in [0.25, 0.3) is 21.9 Å². The van der Waals surface area contributed by atoms with Crippen LogP contribution in [0.1, 0.15) is 35.7 Å². The molecule has 0 aliphatic heterocycles. The van der Waals surface area contributed by atoms with E-state index in [-0.39, 0.29) is 5.91 Å². The Balaban J connectivity index is 1.78. The van der Waals surface area contributed by atoms with Gasteiger partial charge in [0.15, 0.2) is 11.5 Å². The number of ether oxygens (including phenoxy) is 2. The van der Waals surface area contributed by atoms with Crippen molar-refractivity contribution < 1.29 is 14.3 Å². The third kappa shape index (κ3) is 4.17. The highest BCUT2D eigenvalue weighted by Crippen LogP contribution is 2.28. The van der Waals surface area contributed by atoms with Crippen molar-refractivity contribution in [2.45, 2.75) is 33.2 Å². The molecule has 160 valence electrons. The number of rotatable bonds is 7. The molecule has 0 aliphatic carbocycles. The molecule has 2 aromatic heterocycles. The quantitative estimate of drug-likeness (QED) is 0.459. The summed E-state index contributed by atoms with van der Waals surface area (Å²) < 4.78 is 12.4. The maximum atomic E-state index is 13.0. The van der Waals surface area contributed by atoms with Gasteiger partial charge in [0.25, 0.3) is 5.91 Å². The zero-order chi connectivity index (χ0) is 22.0. The fraction of sp³-hybridized carbons (Fsp3) is 0.292. The Morgan fingerprint density at radius 3 is 2.48 bits per heavy atom. The van der Waals surface area contributed by atoms with E-state index < -0.39 is 0 Å². The molecule has 31 heavy (non-hydrogen) atoms. The van der Waals surface area contributed by atoms with Crippen molar-refractivity contribution >= 4 is 33.7 Å². The van der Waals surface area contributed by atoms with Gasteiger partial charge in [0, 0.05) is 23.6 Å². The van der Waals surface area contributed by atoms with E-state index in [4.69, 9.17) is 14.5 Å². The number of nitrogens with zero attached hydrogens (tertiary/aromatic N) is 3. The van der Waals surface area contributed by atoms with Crippen molar-refractivity contribution in [2.24, 2.45) is 0 Å². The SMILES string of the molecule is CCCCn1nc(NC(=O)c2cc(OC)cc(OC)c2)c2cc3cc(C)ccc3nc21. The second-order valence-corrected chi connectivity index (χ2v) is 7.54. The van der Waals surface area contributed by atoms with E-state index in [2.05, 4.69) is 23.4 Å². The first-order valence-corrected chi connectivity index (χ1v) is 10.3. The number of anilines is 1. The summed E-state index contributed by atoms with van der Waals surface area (Å²) in [6, 6.07) is 13.3. The number of unbranched alkanes of at least 4 members (excludes halogenated alkanes) is 1. The summed E-state index contributed by atoms with van der Waals surface area (Å²) in [7, 11) is 3.11. The molecule has 7 nitrogen and oxygen atoms in total. The molecular weight excluding hydrogens is 392 g/mol. The molecule has 0 saturated carbocycles. The molecule has 0 radical (unpaired) electrons. The predicted molar refractivity (Wildman–Crippen MR) is 122 cm³/mol. The average molecular weight is 418 g/mol. The van der Waals surface area contributed by atoms with Gasteiger partial charge in [0.1, 0.15) is 11.5 Å². The van der Waals surface area contributed by atoms with Crippen LogP contribution in [0.15, 0.2) is 42.5 Å². The lowest BCUT2D eigenvalue weighted by molar-refractivity contribution is 0.102. The minimum Gasteiger partial charge on any atom is -0.497 e. The van der Waals surface area contributed by atoms with Crippen LogP contribution in [-0.2, 0) is 6.54 Å². The summed E-state index contributed by atoms with van der Waals surface area (Å²) in [4.78, 5) is 17.9. The van der Waals surface area contributed by atoms with E-state index in [1.165, 1.54) is 0 Å². The van der Waals surface area contributed by atoms with Gasteiger partial charge in [-0.05, 0) is 43.7 Å². The molecule has 0 unspecified atom stereocenters. The highest BCUT2D eigenvalue weighted by molar-refractivity contribution is 6.09. The van der Waals surface area contributed by atoms with Gasteiger partial charge < -0.3 is 14.8 Å². The zero-order valence-electron chi connectivity index (χ0n) is 18.2. The first-order valence-electron chi connectivity index (χ1n) is 10.3. The van der Waals surface area contributed by atoms with Crippen LogP contribution in [0.4, 0.5) is 5.82 Å². The molecule has 0 aliphatic rings. The number of amides is 1. The van der Waals surface area contributed by atoms with Crippen molar-refractivity contribution in [2.75, 3.05) is 19.5 Å². The topological polar surface area (TPSA) is 78.3 Å². The van der Waals surface area contributed by atoms with E-state index in [1.807, 2.05) is 29.8 Å². The molecule has 0 saturated heterocycles. The number of carbonyl (C=O) groups is 1. The lowest BCUT2D eigenvalue weighted by Crippen LogP contribution is -2.13. The second kappa shape index (κ2) is 8.63. The number of hydrogen-bond donors (Lipinski definition) is 1. The van der Waals surface area contributed by atoms with Gasteiger partial charge in [0.05, 0.1) is 25.1 Å². The number of nitrogens with one attached hydrogen (secondary N) is 1. The van der Waals surface area contributed by atoms with Crippen LogP contribution >= 0.6 is 0 Å². The van der Waals surface area contributed by atoms with E-state index in [9.17, 15) is 4.79 Å². The first-order chi connectivity index (χ1) is 15.0. The number of hydrogen-bond acceptors (Lipinski definition) is 5. The molecular formula is C24H26N4O3. The molecule has 0 atom stereocenters. The van der Waals surface area contributed by atoms with E-state index in [1.54, 1.807) is 32.4 Å². The van der Waals surface area contributed by atoms with Crippen LogP contribution in [-0.4, -0.2) is 34.9 Å². The van der Waals surface area contributed by atoms with Gasteiger partial charge in [-0.1, -0.05) is 25.0 Å². The van der Waals surface area contributed by atoms with Gasteiger partial charge in [0.2, 0.25) is 0 Å². The van der Waals surface area contributed by atoms with Crippen LogP contribution in [0.3, 0.4) is 0 Å². The Hall–Kier alpha value is -3.61. The zero-order valence-corrected chi connectivity index (χ0v) is 18.2. The Kier molecular flexibility index (Phi) is 5.75. The maximum absolute atomic E-state index is 13.0. The molecule has 0 spiro atoms. The highest BCUT2D eigenvalue weighted by Gasteiger charge is 2.17. The number of pyridine rings is 1. The number of aromatic nitrogens is 3. The molecule has 4 aromatic rings. The Bertz CT molecular complexity index is 1240. The first kappa shape index (κ1) is 20.7. The summed E-state index contributed by atoms with van der Waals surface area (Å²) in [6.45, 7) is 4.92. The summed E-state index contributed by atoms with van der Waals surface area (Å²) in [5.41, 5.74) is 3.26. The molecule has 0 fully saturated rings. The average Bonchev–Trinajstić information content (AvgIpc) is 3.11. The Morgan fingerprint density at radius 1 is 1.06 bits per heavy atom. The van der Waals surface area contributed by atoms with Crippen molar-refractivity contribution in [1.82, 2.24) is 14.8 Å². The largest absolute Gasteiger partial charge is 0.497 e. The van der Waals surface area contributed by atoms with Gasteiger partial charge in [-0.15, -0.1) is 0 Å². The fourth-order valence-electron chi connectivity index (χ4n) is 3.55. The Labute approximate surface area is 181 Å². The second-order valence-electron chi connectivity index (χ2n) is 7.54. The van der Waals surface area contributed by atoms with Crippen LogP contribution in [0, 0.1) is 6.92 Å². The summed E-state index contributed by atoms with van der Waals surface area (Å²) >= 11 is 0. The lowest BCUT2D eigenvalue weighted by Gasteiger charge is -2.08. The smallest absolute Gasteiger partial charge is 0.257 e. The summed E-state index contributed by atoms with van der Waals surface area (Å²) in [6.07, 6.45) is 2.02. The lowest BCUT2D eigenvalue weighted by atomic mass is 10.1. The van der Waals surface area contributed by atoms with Crippen molar-refractivity contribution in [3.05, 3.63) is 53.6 Å². The van der Waals surface area contributed by atoms with Crippen molar-refractivity contribution in [1.29, 1.82) is 0 Å². The number of benzene rings is 2. The van der Waals surface area contributed by atoms with Crippen molar-refractivity contribution in [3.8, 4) is 11.5 Å². The number of aryl methyl sites for hydroxylation is 2. The minimum atomic E-state index is -0.288. The number of methoxy groups -OCH3 is 2. The molecule has 1 N–H and O–H groups in total. The fourth-order valence-corrected chi connectivity index (χ4v) is 3.55. The molecule has 7 heteroatoms. The molecule has 4 rings (SSSR count).